The van der Waals surface area contributed by atoms with E-state index in [2.05, 4.69) is 31.3 Å². The third-order valence-corrected chi connectivity index (χ3v) is 4.36. The predicted molar refractivity (Wildman–Crippen MR) is 106 cm³/mol. The normalized spacial score (nSPS) is 11.7. The number of nitrogens with one attached hydrogen (secondary N) is 1. The summed E-state index contributed by atoms with van der Waals surface area (Å²) in [6, 6.07) is 17.0. The molecular weight excluding hydrogens is 340 g/mol. The molecule has 0 radical (unpaired) electrons. The van der Waals surface area contributed by atoms with Crippen molar-refractivity contribution in [3.8, 4) is 0 Å². The van der Waals surface area contributed by atoms with E-state index in [0.717, 1.165) is 11.1 Å². The Morgan fingerprint density at radius 2 is 1.59 bits per heavy atom. The molecule has 0 aliphatic heterocycles. The van der Waals surface area contributed by atoms with Gasteiger partial charge in [-0.05, 0) is 29.5 Å². The van der Waals surface area contributed by atoms with Gasteiger partial charge in [-0.1, -0.05) is 68.4 Å². The zero-order chi connectivity index (χ0) is 19.8. The van der Waals surface area contributed by atoms with Gasteiger partial charge >= 0.3 is 6.09 Å². The Bertz CT molecular complexity index is 742. The molecule has 1 N–H and O–H groups in total. The van der Waals surface area contributed by atoms with E-state index in [1.807, 2.05) is 42.5 Å². The van der Waals surface area contributed by atoms with Crippen molar-refractivity contribution in [2.45, 2.75) is 45.9 Å². The maximum atomic E-state index is 12.5. The van der Waals surface area contributed by atoms with Crippen LogP contribution in [0.1, 0.15) is 43.4 Å². The summed E-state index contributed by atoms with van der Waals surface area (Å²) in [6.07, 6.45) is -0.602. The van der Waals surface area contributed by atoms with Gasteiger partial charge in [-0.25, -0.2) is 4.79 Å². The van der Waals surface area contributed by atoms with Gasteiger partial charge in [0.25, 0.3) is 0 Å². The molecule has 0 aromatic heterocycles. The summed E-state index contributed by atoms with van der Waals surface area (Å²) in [5, 5.41) is 2.59. The number of alkyl carbamates (subject to hydrolysis) is 1. The Hall–Kier alpha value is -2.82. The average molecular weight is 368 g/mol. The Kier molecular flexibility index (Phi) is 7.41. The van der Waals surface area contributed by atoms with E-state index in [4.69, 9.17) is 4.74 Å². The van der Waals surface area contributed by atoms with Crippen LogP contribution in [0.15, 0.2) is 54.6 Å². The number of rotatable bonds is 7. The third-order valence-electron chi connectivity index (χ3n) is 4.36. The second-order valence-corrected chi connectivity index (χ2v) is 7.02. The summed E-state index contributed by atoms with van der Waals surface area (Å²) in [6.45, 7) is 6.61. The topological polar surface area (TPSA) is 58.6 Å². The molecule has 0 saturated carbocycles. The SMILES string of the molecule is CC(C)c1ccc(CN(C)C(=O)[C@@H](C)NC(=O)OCc2ccccc2)cc1. The molecule has 27 heavy (non-hydrogen) atoms. The van der Waals surface area contributed by atoms with Gasteiger partial charge in [0.2, 0.25) is 5.91 Å². The van der Waals surface area contributed by atoms with E-state index in [1.165, 1.54) is 5.56 Å². The monoisotopic (exact) mass is 368 g/mol. The first kappa shape index (κ1) is 20.5. The van der Waals surface area contributed by atoms with E-state index in [0.29, 0.717) is 12.5 Å². The van der Waals surface area contributed by atoms with Crippen LogP contribution in [0.4, 0.5) is 4.79 Å². The van der Waals surface area contributed by atoms with Crippen molar-refractivity contribution in [2.75, 3.05) is 7.05 Å². The number of carbonyl (C=O) groups excluding carboxylic acids is 2. The Labute approximate surface area is 161 Å². The van der Waals surface area contributed by atoms with Crippen LogP contribution in [-0.2, 0) is 22.7 Å². The lowest BCUT2D eigenvalue weighted by Crippen LogP contribution is -2.45. The molecule has 0 unspecified atom stereocenters. The number of hydrogen-bond acceptors (Lipinski definition) is 3. The minimum Gasteiger partial charge on any atom is -0.445 e. The zero-order valence-electron chi connectivity index (χ0n) is 16.4. The molecule has 2 aromatic carbocycles. The highest BCUT2D eigenvalue weighted by Gasteiger charge is 2.20. The highest BCUT2D eigenvalue weighted by atomic mass is 16.5. The molecule has 2 amide bonds. The number of hydrogen-bond donors (Lipinski definition) is 1. The molecule has 0 bridgehead atoms. The van der Waals surface area contributed by atoms with Crippen molar-refractivity contribution in [2.24, 2.45) is 0 Å². The van der Waals surface area contributed by atoms with Crippen LogP contribution in [0.3, 0.4) is 0 Å². The molecular formula is C22H28N2O3. The summed E-state index contributed by atoms with van der Waals surface area (Å²) < 4.78 is 5.16. The van der Waals surface area contributed by atoms with Gasteiger partial charge in [0.15, 0.2) is 0 Å². The zero-order valence-corrected chi connectivity index (χ0v) is 16.4. The van der Waals surface area contributed by atoms with Crippen LogP contribution in [0.2, 0.25) is 0 Å². The first-order valence-corrected chi connectivity index (χ1v) is 9.18. The average Bonchev–Trinajstić information content (AvgIpc) is 2.67. The first-order valence-electron chi connectivity index (χ1n) is 9.18. The van der Waals surface area contributed by atoms with Crippen LogP contribution in [0.25, 0.3) is 0 Å². The number of ether oxygens (including phenoxy) is 1. The quantitative estimate of drug-likeness (QED) is 0.801. The lowest BCUT2D eigenvalue weighted by molar-refractivity contribution is -0.132. The van der Waals surface area contributed by atoms with Crippen LogP contribution < -0.4 is 5.32 Å². The summed E-state index contributed by atoms with van der Waals surface area (Å²) >= 11 is 0. The largest absolute Gasteiger partial charge is 0.445 e. The first-order chi connectivity index (χ1) is 12.9. The van der Waals surface area contributed by atoms with Crippen LogP contribution >= 0.6 is 0 Å². The molecule has 0 spiro atoms. The maximum Gasteiger partial charge on any atom is 0.408 e. The van der Waals surface area contributed by atoms with E-state index in [9.17, 15) is 9.59 Å². The summed E-state index contributed by atoms with van der Waals surface area (Å²) in [7, 11) is 1.73. The van der Waals surface area contributed by atoms with E-state index >= 15 is 0 Å². The number of likely N-dealkylation sites (N-methyl/N-ethyl adjacent to an activating group) is 1. The molecule has 0 aliphatic carbocycles. The number of nitrogens with zero attached hydrogens (tertiary/aromatic N) is 1. The molecule has 5 nitrogen and oxygen atoms in total. The summed E-state index contributed by atoms with van der Waals surface area (Å²) in [4.78, 5) is 26.0. The van der Waals surface area contributed by atoms with E-state index in [1.54, 1.807) is 18.9 Å². The van der Waals surface area contributed by atoms with Gasteiger partial charge in [-0.2, -0.15) is 0 Å². The van der Waals surface area contributed by atoms with Gasteiger partial charge in [-0.3, -0.25) is 4.79 Å². The number of amides is 2. The van der Waals surface area contributed by atoms with Crippen molar-refractivity contribution in [1.82, 2.24) is 10.2 Å². The molecule has 2 aromatic rings. The fourth-order valence-corrected chi connectivity index (χ4v) is 2.69. The second kappa shape index (κ2) is 9.76. The predicted octanol–water partition coefficient (Wildman–Crippen LogP) is 4.08. The maximum absolute atomic E-state index is 12.5. The van der Waals surface area contributed by atoms with Crippen molar-refractivity contribution in [1.29, 1.82) is 0 Å². The van der Waals surface area contributed by atoms with Crippen LogP contribution in [-0.4, -0.2) is 30.0 Å². The molecule has 5 heteroatoms. The molecule has 1 atom stereocenters. The Morgan fingerprint density at radius 1 is 0.963 bits per heavy atom. The van der Waals surface area contributed by atoms with Gasteiger partial charge in [0.1, 0.15) is 12.6 Å². The number of carbonyl (C=O) groups is 2. The lowest BCUT2D eigenvalue weighted by Gasteiger charge is -2.22. The van der Waals surface area contributed by atoms with Gasteiger partial charge in [0, 0.05) is 13.6 Å². The van der Waals surface area contributed by atoms with Crippen molar-refractivity contribution in [3.63, 3.8) is 0 Å². The molecule has 0 fully saturated rings. The van der Waals surface area contributed by atoms with Crippen LogP contribution in [0, 0.1) is 0 Å². The Balaban J connectivity index is 1.81. The van der Waals surface area contributed by atoms with Gasteiger partial charge in [0.05, 0.1) is 0 Å². The second-order valence-electron chi connectivity index (χ2n) is 7.02. The van der Waals surface area contributed by atoms with Crippen LogP contribution in [0.5, 0.6) is 0 Å². The standard InChI is InChI=1S/C22H28N2O3/c1-16(2)20-12-10-18(11-13-20)14-24(4)21(25)17(3)23-22(26)27-15-19-8-6-5-7-9-19/h5-13,16-17H,14-15H2,1-4H3,(H,23,26)/t17-/m1/s1. The smallest absolute Gasteiger partial charge is 0.408 e. The Morgan fingerprint density at radius 3 is 2.19 bits per heavy atom. The third kappa shape index (κ3) is 6.44. The summed E-state index contributed by atoms with van der Waals surface area (Å²) in [5.74, 6) is 0.309. The molecule has 2 rings (SSSR count). The number of benzene rings is 2. The molecule has 0 aliphatic rings. The fourth-order valence-electron chi connectivity index (χ4n) is 2.69. The fraction of sp³-hybridized carbons (Fsp3) is 0.364. The van der Waals surface area contributed by atoms with E-state index < -0.39 is 12.1 Å². The van der Waals surface area contributed by atoms with E-state index in [-0.39, 0.29) is 12.5 Å². The summed E-state index contributed by atoms with van der Waals surface area (Å²) in [5.41, 5.74) is 3.21. The van der Waals surface area contributed by atoms with Gasteiger partial charge in [-0.15, -0.1) is 0 Å². The molecule has 0 heterocycles. The van der Waals surface area contributed by atoms with Crippen molar-refractivity contribution < 1.29 is 14.3 Å². The minimum atomic E-state index is -0.659. The van der Waals surface area contributed by atoms with Gasteiger partial charge < -0.3 is 15.0 Å². The highest BCUT2D eigenvalue weighted by Crippen LogP contribution is 2.15. The van der Waals surface area contributed by atoms with Crippen molar-refractivity contribution in [3.05, 3.63) is 71.3 Å². The van der Waals surface area contributed by atoms with Crippen molar-refractivity contribution >= 4 is 12.0 Å². The molecule has 0 saturated heterocycles. The molecule has 144 valence electrons. The highest BCUT2D eigenvalue weighted by molar-refractivity contribution is 5.85. The lowest BCUT2D eigenvalue weighted by atomic mass is 10.0. The minimum absolute atomic E-state index is 0.167.